The minimum absolute atomic E-state index is 0.334. The van der Waals surface area contributed by atoms with Crippen LogP contribution >= 0.6 is 23.2 Å². The number of hydrogen-bond donors (Lipinski definition) is 0. The molecule has 0 unspecified atom stereocenters. The Morgan fingerprint density at radius 2 is 1.88 bits per heavy atom. The quantitative estimate of drug-likeness (QED) is 0.777. The van der Waals surface area contributed by atoms with Crippen LogP contribution in [0.15, 0.2) is 12.3 Å². The van der Waals surface area contributed by atoms with Gasteiger partial charge in [0.2, 0.25) is 0 Å². The predicted octanol–water partition coefficient (Wildman–Crippen LogP) is 2.75. The molecule has 2 heterocycles. The van der Waals surface area contributed by atoms with E-state index in [0.29, 0.717) is 16.1 Å². The van der Waals surface area contributed by atoms with Crippen LogP contribution in [0.4, 0.5) is 0 Å². The highest BCUT2D eigenvalue weighted by Gasteiger charge is 2.12. The van der Waals surface area contributed by atoms with E-state index in [1.54, 1.807) is 4.68 Å². The Balaban J connectivity index is 2.57. The monoisotopic (exact) mass is 256 g/mol. The molecule has 2 aromatic heterocycles. The second-order valence-electron chi connectivity index (χ2n) is 3.35. The van der Waals surface area contributed by atoms with Crippen LogP contribution in [0.2, 0.25) is 10.3 Å². The maximum atomic E-state index is 5.84. The number of rotatable bonds is 2. The van der Waals surface area contributed by atoms with Crippen molar-refractivity contribution in [3.63, 3.8) is 0 Å². The molecule has 0 fully saturated rings. The van der Waals surface area contributed by atoms with Gasteiger partial charge in [-0.3, -0.25) is 4.68 Å². The highest BCUT2D eigenvalue weighted by molar-refractivity contribution is 6.33. The Labute approximate surface area is 103 Å². The smallest absolute Gasteiger partial charge is 0.165 e. The lowest BCUT2D eigenvalue weighted by atomic mass is 10.2. The first-order valence-corrected chi connectivity index (χ1v) is 5.58. The summed E-state index contributed by atoms with van der Waals surface area (Å²) < 4.78 is 1.73. The first kappa shape index (κ1) is 11.4. The topological polar surface area (TPSA) is 43.6 Å². The number of halogens is 2. The number of aromatic nitrogens is 4. The second kappa shape index (κ2) is 4.39. The Morgan fingerprint density at radius 3 is 2.44 bits per heavy atom. The number of nitrogens with zero attached hydrogens (tertiary/aromatic N) is 4. The van der Waals surface area contributed by atoms with Crippen LogP contribution in [0.3, 0.4) is 0 Å². The van der Waals surface area contributed by atoms with E-state index in [9.17, 15) is 0 Å². The molecule has 0 spiro atoms. The van der Waals surface area contributed by atoms with Gasteiger partial charge in [0, 0.05) is 19.3 Å². The number of hydrogen-bond acceptors (Lipinski definition) is 3. The van der Waals surface area contributed by atoms with E-state index >= 15 is 0 Å². The van der Waals surface area contributed by atoms with Crippen LogP contribution in [0, 0.1) is 0 Å². The molecule has 2 aromatic rings. The zero-order valence-electron chi connectivity index (χ0n) is 8.91. The van der Waals surface area contributed by atoms with Gasteiger partial charge in [-0.15, -0.1) is 0 Å². The molecule has 0 aliphatic heterocycles. The molecule has 0 saturated heterocycles. The lowest BCUT2D eigenvalue weighted by molar-refractivity contribution is 0.746. The number of aryl methyl sites for hydroxylation is 2. The molecular formula is C10H10Cl2N4. The van der Waals surface area contributed by atoms with Gasteiger partial charge >= 0.3 is 0 Å². The summed E-state index contributed by atoms with van der Waals surface area (Å²) in [6.45, 7) is 2.03. The van der Waals surface area contributed by atoms with Crippen LogP contribution in [-0.2, 0) is 13.5 Å². The first-order valence-electron chi connectivity index (χ1n) is 4.83. The highest BCUT2D eigenvalue weighted by atomic mass is 35.5. The lowest BCUT2D eigenvalue weighted by Gasteiger charge is -2.00. The standard InChI is InChI=1S/C10H10Cl2N4/c1-3-7-6(5-16(2)15-7)10-13-8(11)4-9(12)14-10/h4-5H,3H2,1-2H3. The lowest BCUT2D eigenvalue weighted by Crippen LogP contribution is -1.92. The van der Waals surface area contributed by atoms with E-state index in [4.69, 9.17) is 23.2 Å². The summed E-state index contributed by atoms with van der Waals surface area (Å²) in [5, 5.41) is 4.98. The summed E-state index contributed by atoms with van der Waals surface area (Å²) in [4.78, 5) is 8.29. The molecule has 0 bridgehead atoms. The summed E-state index contributed by atoms with van der Waals surface area (Å²) in [6.07, 6.45) is 2.67. The van der Waals surface area contributed by atoms with Crippen molar-refractivity contribution in [3.05, 3.63) is 28.3 Å². The van der Waals surface area contributed by atoms with Gasteiger partial charge in [-0.2, -0.15) is 5.10 Å². The molecule has 2 rings (SSSR count). The van der Waals surface area contributed by atoms with Crippen molar-refractivity contribution in [2.24, 2.45) is 7.05 Å². The zero-order chi connectivity index (χ0) is 11.7. The summed E-state index contributed by atoms with van der Waals surface area (Å²) in [5.74, 6) is 0.516. The maximum absolute atomic E-state index is 5.84. The van der Waals surface area contributed by atoms with Crippen LogP contribution in [0.1, 0.15) is 12.6 Å². The fourth-order valence-electron chi connectivity index (χ4n) is 1.49. The molecule has 0 aromatic carbocycles. The van der Waals surface area contributed by atoms with Gasteiger partial charge in [0.15, 0.2) is 5.82 Å². The Morgan fingerprint density at radius 1 is 1.25 bits per heavy atom. The van der Waals surface area contributed by atoms with E-state index in [2.05, 4.69) is 15.1 Å². The van der Waals surface area contributed by atoms with Crippen molar-refractivity contribution in [2.45, 2.75) is 13.3 Å². The Bertz CT molecular complexity index is 501. The van der Waals surface area contributed by atoms with Crippen molar-refractivity contribution in [1.82, 2.24) is 19.7 Å². The summed E-state index contributed by atoms with van der Waals surface area (Å²) in [6, 6.07) is 1.51. The summed E-state index contributed by atoms with van der Waals surface area (Å²) in [7, 11) is 1.86. The molecule has 84 valence electrons. The van der Waals surface area contributed by atoms with Gasteiger partial charge in [-0.05, 0) is 6.42 Å². The first-order chi connectivity index (χ1) is 7.60. The largest absolute Gasteiger partial charge is 0.275 e. The van der Waals surface area contributed by atoms with Gasteiger partial charge in [-0.1, -0.05) is 30.1 Å². The summed E-state index contributed by atoms with van der Waals surface area (Å²) in [5.41, 5.74) is 1.80. The van der Waals surface area contributed by atoms with E-state index in [1.807, 2.05) is 20.2 Å². The van der Waals surface area contributed by atoms with Gasteiger partial charge < -0.3 is 0 Å². The molecule has 0 atom stereocenters. The molecule has 4 nitrogen and oxygen atoms in total. The van der Waals surface area contributed by atoms with Crippen molar-refractivity contribution in [3.8, 4) is 11.4 Å². The van der Waals surface area contributed by atoms with Crippen molar-refractivity contribution in [1.29, 1.82) is 0 Å². The maximum Gasteiger partial charge on any atom is 0.165 e. The second-order valence-corrected chi connectivity index (χ2v) is 4.13. The average Bonchev–Trinajstić information content (AvgIpc) is 2.58. The normalized spacial score (nSPS) is 10.8. The van der Waals surface area contributed by atoms with Crippen molar-refractivity contribution in [2.75, 3.05) is 0 Å². The predicted molar refractivity (Wildman–Crippen MR) is 63.6 cm³/mol. The van der Waals surface area contributed by atoms with E-state index in [-0.39, 0.29) is 0 Å². The van der Waals surface area contributed by atoms with Crippen LogP contribution in [-0.4, -0.2) is 19.7 Å². The van der Waals surface area contributed by atoms with E-state index in [0.717, 1.165) is 17.7 Å². The van der Waals surface area contributed by atoms with Gasteiger partial charge in [0.25, 0.3) is 0 Å². The average molecular weight is 257 g/mol. The fourth-order valence-corrected chi connectivity index (χ4v) is 1.92. The molecule has 0 amide bonds. The van der Waals surface area contributed by atoms with Crippen LogP contribution < -0.4 is 0 Å². The minimum Gasteiger partial charge on any atom is -0.275 e. The Hall–Kier alpha value is -1.13. The summed E-state index contributed by atoms with van der Waals surface area (Å²) >= 11 is 11.7. The third kappa shape index (κ3) is 2.18. The van der Waals surface area contributed by atoms with E-state index < -0.39 is 0 Å². The molecule has 0 aliphatic rings. The third-order valence-electron chi connectivity index (χ3n) is 2.14. The van der Waals surface area contributed by atoms with Gasteiger partial charge in [0.1, 0.15) is 10.3 Å². The molecule has 0 aliphatic carbocycles. The van der Waals surface area contributed by atoms with Gasteiger partial charge in [-0.25, -0.2) is 9.97 Å². The van der Waals surface area contributed by atoms with Crippen LogP contribution in [0.5, 0.6) is 0 Å². The molecular weight excluding hydrogens is 247 g/mol. The Kier molecular flexibility index (Phi) is 3.12. The SMILES string of the molecule is CCc1nn(C)cc1-c1nc(Cl)cc(Cl)n1. The minimum atomic E-state index is 0.334. The van der Waals surface area contributed by atoms with E-state index in [1.165, 1.54) is 6.07 Å². The zero-order valence-corrected chi connectivity index (χ0v) is 10.4. The molecule has 0 radical (unpaired) electrons. The van der Waals surface area contributed by atoms with Gasteiger partial charge in [0.05, 0.1) is 11.3 Å². The molecule has 16 heavy (non-hydrogen) atoms. The van der Waals surface area contributed by atoms with Crippen molar-refractivity contribution >= 4 is 23.2 Å². The molecule has 6 heteroatoms. The third-order valence-corrected chi connectivity index (χ3v) is 2.53. The highest BCUT2D eigenvalue weighted by Crippen LogP contribution is 2.23. The molecule has 0 saturated carbocycles. The fraction of sp³-hybridized carbons (Fsp3) is 0.300. The van der Waals surface area contributed by atoms with Crippen molar-refractivity contribution < 1.29 is 0 Å². The van der Waals surface area contributed by atoms with Crippen LogP contribution in [0.25, 0.3) is 11.4 Å². The molecule has 0 N–H and O–H groups in total.